The molecule has 7 heteroatoms. The molecular weight excluding hydrogens is 418 g/mol. The number of primary amides is 1. The number of nitrogens with zero attached hydrogens (tertiary/aromatic N) is 4. The van der Waals surface area contributed by atoms with Gasteiger partial charge in [-0.15, -0.1) is 11.3 Å². The number of hydrogen-bond donors (Lipinski definition) is 1. The van der Waals surface area contributed by atoms with Crippen LogP contribution in [0.25, 0.3) is 22.4 Å². The Bertz CT molecular complexity index is 1140. The Balaban J connectivity index is 1.52. The molecule has 32 heavy (non-hydrogen) atoms. The van der Waals surface area contributed by atoms with E-state index in [9.17, 15) is 4.79 Å². The Morgan fingerprint density at radius 1 is 1.00 bits per heavy atom. The lowest BCUT2D eigenvalue weighted by molar-refractivity contribution is -0.119. The molecule has 2 aromatic heterocycles. The Labute approximate surface area is 192 Å². The van der Waals surface area contributed by atoms with Crippen molar-refractivity contribution in [3.05, 3.63) is 52.2 Å². The van der Waals surface area contributed by atoms with E-state index in [1.54, 1.807) is 0 Å². The van der Waals surface area contributed by atoms with Gasteiger partial charge in [-0.2, -0.15) is 0 Å². The molecule has 0 bridgehead atoms. The van der Waals surface area contributed by atoms with Gasteiger partial charge in [0, 0.05) is 31.1 Å². The predicted molar refractivity (Wildman–Crippen MR) is 132 cm³/mol. The van der Waals surface area contributed by atoms with Gasteiger partial charge in [0.2, 0.25) is 5.91 Å². The zero-order chi connectivity index (χ0) is 21.9. The molecule has 1 aliphatic carbocycles. The zero-order valence-corrected chi connectivity index (χ0v) is 19.1. The largest absolute Gasteiger partial charge is 0.369 e. The van der Waals surface area contributed by atoms with E-state index >= 15 is 0 Å². The monoisotopic (exact) mass is 447 g/mol. The molecule has 3 aromatic rings. The third kappa shape index (κ3) is 4.54. The molecule has 5 rings (SSSR count). The van der Waals surface area contributed by atoms with Gasteiger partial charge in [0.05, 0.1) is 11.9 Å². The van der Waals surface area contributed by atoms with E-state index < -0.39 is 0 Å². The number of aromatic nitrogens is 2. The van der Waals surface area contributed by atoms with Crippen molar-refractivity contribution in [2.24, 2.45) is 5.73 Å². The smallest absolute Gasteiger partial charge is 0.231 e. The van der Waals surface area contributed by atoms with Gasteiger partial charge in [0.25, 0.3) is 0 Å². The van der Waals surface area contributed by atoms with Crippen molar-refractivity contribution in [1.29, 1.82) is 0 Å². The zero-order valence-electron chi connectivity index (χ0n) is 18.3. The first kappa shape index (κ1) is 21.1. The molecule has 1 amide bonds. The number of carbonyl (C=O) groups is 1. The number of aryl methyl sites for hydroxylation is 2. The number of hydrogen-bond acceptors (Lipinski definition) is 6. The second-order valence-electron chi connectivity index (χ2n) is 8.62. The lowest BCUT2D eigenvalue weighted by Crippen LogP contribution is -2.37. The van der Waals surface area contributed by atoms with Gasteiger partial charge in [-0.05, 0) is 49.3 Å². The highest BCUT2D eigenvalue weighted by Crippen LogP contribution is 2.40. The lowest BCUT2D eigenvalue weighted by atomic mass is 9.97. The van der Waals surface area contributed by atoms with Crippen LogP contribution in [-0.4, -0.2) is 53.5 Å². The maximum Gasteiger partial charge on any atom is 0.231 e. The molecule has 6 nitrogen and oxygen atoms in total. The number of rotatable bonds is 5. The first-order valence-corrected chi connectivity index (χ1v) is 12.3. The summed E-state index contributed by atoms with van der Waals surface area (Å²) in [5.41, 5.74) is 8.04. The van der Waals surface area contributed by atoms with E-state index in [1.807, 2.05) is 35.6 Å². The molecule has 166 valence electrons. The van der Waals surface area contributed by atoms with Crippen molar-refractivity contribution in [3.8, 4) is 0 Å². The standard InChI is InChI=1S/C25H29N5OS/c26-21(31)17-29-13-6-14-30(16-15-29)24-23-19-9-4-5-10-20(19)32-25(23)28-22(27-24)12-11-18-7-2-1-3-8-18/h1-3,7-8,11-12H,4-6,9-10,13-17H2,(H2,26,31). The fraction of sp³-hybridized carbons (Fsp3) is 0.400. The van der Waals surface area contributed by atoms with Crippen molar-refractivity contribution < 1.29 is 4.79 Å². The summed E-state index contributed by atoms with van der Waals surface area (Å²) in [5.74, 6) is 1.55. The molecule has 0 radical (unpaired) electrons. The summed E-state index contributed by atoms with van der Waals surface area (Å²) in [7, 11) is 0. The van der Waals surface area contributed by atoms with Crippen molar-refractivity contribution in [3.63, 3.8) is 0 Å². The van der Waals surface area contributed by atoms with Crippen LogP contribution >= 0.6 is 11.3 Å². The maximum atomic E-state index is 11.4. The minimum Gasteiger partial charge on any atom is -0.369 e. The highest BCUT2D eigenvalue weighted by atomic mass is 32.1. The molecule has 0 unspecified atom stereocenters. The molecule has 1 aliphatic heterocycles. The van der Waals surface area contributed by atoms with Gasteiger partial charge in [-0.1, -0.05) is 36.4 Å². The Kier molecular flexibility index (Phi) is 6.19. The molecule has 0 atom stereocenters. The minimum absolute atomic E-state index is 0.261. The second kappa shape index (κ2) is 9.38. The van der Waals surface area contributed by atoms with Crippen molar-refractivity contribution in [2.45, 2.75) is 32.1 Å². The third-order valence-electron chi connectivity index (χ3n) is 6.30. The fourth-order valence-electron chi connectivity index (χ4n) is 4.75. The second-order valence-corrected chi connectivity index (χ2v) is 9.71. The van der Waals surface area contributed by atoms with Gasteiger partial charge in [0.15, 0.2) is 5.82 Å². The molecular formula is C25H29N5OS. The number of thiophene rings is 1. The summed E-state index contributed by atoms with van der Waals surface area (Å²) >= 11 is 1.84. The maximum absolute atomic E-state index is 11.4. The minimum atomic E-state index is -0.261. The molecule has 0 spiro atoms. The van der Waals surface area contributed by atoms with Crippen LogP contribution in [0.5, 0.6) is 0 Å². The van der Waals surface area contributed by atoms with Gasteiger partial charge in [0.1, 0.15) is 10.6 Å². The molecule has 1 fully saturated rings. The summed E-state index contributed by atoms with van der Waals surface area (Å²) in [4.78, 5) is 28.6. The van der Waals surface area contributed by atoms with Gasteiger partial charge in [-0.3, -0.25) is 9.69 Å². The average molecular weight is 448 g/mol. The average Bonchev–Trinajstić information content (AvgIpc) is 3.02. The van der Waals surface area contributed by atoms with E-state index in [0.717, 1.165) is 67.5 Å². The van der Waals surface area contributed by atoms with E-state index in [0.29, 0.717) is 6.54 Å². The van der Waals surface area contributed by atoms with Crippen LogP contribution in [0.4, 0.5) is 5.82 Å². The van der Waals surface area contributed by atoms with Gasteiger partial charge < -0.3 is 10.6 Å². The Morgan fingerprint density at radius 2 is 1.84 bits per heavy atom. The van der Waals surface area contributed by atoms with Crippen LogP contribution in [0.2, 0.25) is 0 Å². The topological polar surface area (TPSA) is 75.4 Å². The highest BCUT2D eigenvalue weighted by molar-refractivity contribution is 7.19. The molecule has 3 heterocycles. The van der Waals surface area contributed by atoms with Crippen LogP contribution in [0.3, 0.4) is 0 Å². The van der Waals surface area contributed by atoms with Crippen molar-refractivity contribution in [2.75, 3.05) is 37.6 Å². The first-order valence-electron chi connectivity index (χ1n) is 11.5. The van der Waals surface area contributed by atoms with Crippen LogP contribution in [0, 0.1) is 0 Å². The predicted octanol–water partition coefficient (Wildman–Crippen LogP) is 3.74. The quantitative estimate of drug-likeness (QED) is 0.645. The van der Waals surface area contributed by atoms with Crippen molar-refractivity contribution in [1.82, 2.24) is 14.9 Å². The summed E-state index contributed by atoms with van der Waals surface area (Å²) in [6, 6.07) is 10.3. The number of amides is 1. The fourth-order valence-corrected chi connectivity index (χ4v) is 6.02. The number of carbonyl (C=O) groups excluding carboxylic acids is 1. The molecule has 0 saturated carbocycles. The molecule has 2 N–H and O–H groups in total. The van der Waals surface area contributed by atoms with E-state index in [4.69, 9.17) is 15.7 Å². The highest BCUT2D eigenvalue weighted by Gasteiger charge is 2.25. The van der Waals surface area contributed by atoms with Crippen LogP contribution in [-0.2, 0) is 17.6 Å². The van der Waals surface area contributed by atoms with Crippen LogP contribution < -0.4 is 10.6 Å². The van der Waals surface area contributed by atoms with Crippen LogP contribution in [0.1, 0.15) is 41.1 Å². The Hall–Kier alpha value is -2.77. The summed E-state index contributed by atoms with van der Waals surface area (Å²) < 4.78 is 0. The van der Waals surface area contributed by atoms with Crippen LogP contribution in [0.15, 0.2) is 30.3 Å². The Morgan fingerprint density at radius 3 is 2.69 bits per heavy atom. The van der Waals surface area contributed by atoms with Crippen molar-refractivity contribution >= 4 is 45.4 Å². The van der Waals surface area contributed by atoms with E-state index in [-0.39, 0.29) is 5.91 Å². The molecule has 1 saturated heterocycles. The normalized spacial score (nSPS) is 17.6. The third-order valence-corrected chi connectivity index (χ3v) is 7.49. The number of anilines is 1. The SMILES string of the molecule is NC(=O)CN1CCCN(c2nc(C=Cc3ccccc3)nc3sc4c(c23)CCCC4)CC1. The summed E-state index contributed by atoms with van der Waals surface area (Å²) in [5, 5.41) is 1.25. The first-order chi connectivity index (χ1) is 15.7. The number of benzene rings is 1. The molecule has 2 aliphatic rings. The van der Waals surface area contributed by atoms with E-state index in [2.05, 4.69) is 28.0 Å². The summed E-state index contributed by atoms with van der Waals surface area (Å²) in [6.07, 6.45) is 9.85. The molecule has 1 aromatic carbocycles. The number of nitrogens with two attached hydrogens (primary N) is 1. The lowest BCUT2D eigenvalue weighted by Gasteiger charge is -2.24. The van der Waals surface area contributed by atoms with E-state index in [1.165, 1.54) is 28.7 Å². The van der Waals surface area contributed by atoms with Gasteiger partial charge in [-0.25, -0.2) is 9.97 Å². The van der Waals surface area contributed by atoms with Gasteiger partial charge >= 0.3 is 0 Å². The number of fused-ring (bicyclic) bond motifs is 3. The summed E-state index contributed by atoms with van der Waals surface area (Å²) in [6.45, 7) is 3.79.